The maximum absolute atomic E-state index is 13.7. The van der Waals surface area contributed by atoms with E-state index in [1.807, 2.05) is 36.4 Å². The minimum absolute atomic E-state index is 0.170. The van der Waals surface area contributed by atoms with Gasteiger partial charge >= 0.3 is 12.1 Å². The van der Waals surface area contributed by atoms with E-state index in [1.54, 1.807) is 25.2 Å². The lowest BCUT2D eigenvalue weighted by Gasteiger charge is -2.31. The van der Waals surface area contributed by atoms with Crippen LogP contribution >= 0.6 is 11.6 Å². The Kier molecular flexibility index (Phi) is 11.9. The third-order valence-corrected chi connectivity index (χ3v) is 9.04. The van der Waals surface area contributed by atoms with Gasteiger partial charge in [-0.1, -0.05) is 86.2 Å². The number of esters is 1. The van der Waals surface area contributed by atoms with Crippen LogP contribution in [0.4, 0.5) is 4.79 Å². The van der Waals surface area contributed by atoms with Crippen molar-refractivity contribution >= 4 is 35.5 Å². The predicted octanol–water partition coefficient (Wildman–Crippen LogP) is 4.85. The minimum atomic E-state index is -2.48. The van der Waals surface area contributed by atoms with Gasteiger partial charge in [0.1, 0.15) is 11.6 Å². The van der Waals surface area contributed by atoms with Gasteiger partial charge in [-0.05, 0) is 54.9 Å². The number of nitrogens with zero attached hydrogens (tertiary/aromatic N) is 1. The first-order valence-corrected chi connectivity index (χ1v) is 16.1. The van der Waals surface area contributed by atoms with Gasteiger partial charge in [-0.15, -0.1) is 0 Å². The molecule has 3 amide bonds. The summed E-state index contributed by atoms with van der Waals surface area (Å²) in [4.78, 5) is 54.0. The topological polar surface area (TPSA) is 134 Å². The van der Waals surface area contributed by atoms with Crippen LogP contribution in [0, 0.1) is 5.92 Å². The van der Waals surface area contributed by atoms with Gasteiger partial charge in [0.15, 0.2) is 0 Å². The Hall–Kier alpha value is -3.63. The summed E-state index contributed by atoms with van der Waals surface area (Å²) >= 11 is 6.16. The van der Waals surface area contributed by atoms with Gasteiger partial charge in [-0.25, -0.2) is 9.59 Å². The van der Waals surface area contributed by atoms with Crippen molar-refractivity contribution in [2.24, 2.45) is 5.92 Å². The second kappa shape index (κ2) is 15.6. The number of nitrogens with one attached hydrogen (secondary N) is 2. The molecule has 0 bridgehead atoms. The zero-order valence-corrected chi connectivity index (χ0v) is 26.8. The molecule has 2 aliphatic rings. The third-order valence-electron chi connectivity index (χ3n) is 8.80. The summed E-state index contributed by atoms with van der Waals surface area (Å²) in [5, 5.41) is 16.9. The van der Waals surface area contributed by atoms with Crippen molar-refractivity contribution in [3.8, 4) is 0 Å². The van der Waals surface area contributed by atoms with Crippen LogP contribution in [0.25, 0.3) is 0 Å². The number of amides is 3. The van der Waals surface area contributed by atoms with Crippen molar-refractivity contribution in [1.29, 1.82) is 0 Å². The number of carbonyl (C=O) groups is 4. The molecule has 2 aromatic rings. The van der Waals surface area contributed by atoms with Crippen molar-refractivity contribution < 1.29 is 33.8 Å². The number of aliphatic hydroxyl groups is 1. The highest BCUT2D eigenvalue weighted by Gasteiger charge is 2.49. The second-order valence-electron chi connectivity index (χ2n) is 12.2. The van der Waals surface area contributed by atoms with Crippen LogP contribution in [-0.2, 0) is 35.9 Å². The SMILES string of the molecule is COC(=O)C(O)(CCC(=O)N(C)CCc1ccccc1)NC(=O)[C@H](CC1CCCCC1)NC(=O)OC1(c2cccc(Cl)c2)CC1. The monoisotopic (exact) mass is 641 g/mol. The fraction of sp³-hybridized carbons (Fsp3) is 0.529. The van der Waals surface area contributed by atoms with E-state index in [9.17, 15) is 24.3 Å². The summed E-state index contributed by atoms with van der Waals surface area (Å²) in [6.07, 6.45) is 5.75. The van der Waals surface area contributed by atoms with E-state index < -0.39 is 41.8 Å². The summed E-state index contributed by atoms with van der Waals surface area (Å²) < 4.78 is 10.6. The number of benzene rings is 2. The van der Waals surface area contributed by atoms with E-state index in [-0.39, 0.29) is 18.2 Å². The molecule has 1 unspecified atom stereocenters. The Morgan fingerprint density at radius 3 is 2.42 bits per heavy atom. The number of rotatable bonds is 14. The van der Waals surface area contributed by atoms with Crippen molar-refractivity contribution in [3.05, 3.63) is 70.7 Å². The Morgan fingerprint density at radius 2 is 1.78 bits per heavy atom. The zero-order chi connectivity index (χ0) is 32.5. The molecule has 244 valence electrons. The predicted molar refractivity (Wildman–Crippen MR) is 169 cm³/mol. The summed E-state index contributed by atoms with van der Waals surface area (Å²) in [6.45, 7) is 0.442. The first kappa shape index (κ1) is 34.2. The standard InChI is InChI=1S/C34H44ClN3O7/c1-38(21-17-24-10-5-3-6-11-24)29(39)16-18-34(43,31(41)44-2)37-30(40)28(22-25-12-7-4-8-13-25)36-32(42)45-33(19-20-33)26-14-9-15-27(35)23-26/h3,5-6,9-11,14-15,23,25,28,43H,4,7-8,12-13,16-22H2,1-2H3,(H,36,42)(H,37,40)/t28-,34?/m0/s1. The normalized spacial score (nSPS) is 17.7. The number of ether oxygens (including phenoxy) is 2. The van der Waals surface area contributed by atoms with Gasteiger partial charge in [0, 0.05) is 31.5 Å². The van der Waals surface area contributed by atoms with Crippen LogP contribution in [0.3, 0.4) is 0 Å². The molecule has 0 radical (unpaired) electrons. The Balaban J connectivity index is 1.41. The number of halogens is 1. The molecule has 11 heteroatoms. The number of methoxy groups -OCH3 is 1. The second-order valence-corrected chi connectivity index (χ2v) is 12.7. The molecule has 2 fully saturated rings. The molecule has 3 N–H and O–H groups in total. The lowest BCUT2D eigenvalue weighted by atomic mass is 9.84. The smallest absolute Gasteiger partial charge is 0.408 e. The van der Waals surface area contributed by atoms with Crippen molar-refractivity contribution in [3.63, 3.8) is 0 Å². The van der Waals surface area contributed by atoms with Gasteiger partial charge in [-0.3, -0.25) is 9.59 Å². The lowest BCUT2D eigenvalue weighted by molar-refractivity contribution is -0.171. The average molecular weight is 642 g/mol. The highest BCUT2D eigenvalue weighted by atomic mass is 35.5. The first-order chi connectivity index (χ1) is 21.5. The van der Waals surface area contributed by atoms with Crippen LogP contribution in [0.1, 0.15) is 75.3 Å². The molecule has 0 aliphatic heterocycles. The van der Waals surface area contributed by atoms with E-state index in [0.717, 1.165) is 50.3 Å². The molecule has 0 saturated heterocycles. The molecule has 10 nitrogen and oxygen atoms in total. The van der Waals surface area contributed by atoms with Crippen LogP contribution < -0.4 is 10.6 Å². The van der Waals surface area contributed by atoms with Crippen LogP contribution in [-0.4, -0.2) is 66.4 Å². The van der Waals surface area contributed by atoms with Crippen LogP contribution in [0.15, 0.2) is 54.6 Å². The van der Waals surface area contributed by atoms with Crippen LogP contribution in [0.2, 0.25) is 5.02 Å². The van der Waals surface area contributed by atoms with E-state index in [2.05, 4.69) is 10.6 Å². The molecule has 2 saturated carbocycles. The highest BCUT2D eigenvalue weighted by Crippen LogP contribution is 2.49. The van der Waals surface area contributed by atoms with E-state index in [0.29, 0.717) is 37.3 Å². The van der Waals surface area contributed by atoms with Gasteiger partial charge in [0.05, 0.1) is 7.11 Å². The lowest BCUT2D eigenvalue weighted by Crippen LogP contribution is -2.60. The molecular formula is C34H44ClN3O7. The fourth-order valence-corrected chi connectivity index (χ4v) is 6.08. The van der Waals surface area contributed by atoms with Gasteiger partial charge in [-0.2, -0.15) is 0 Å². The molecule has 2 aliphatic carbocycles. The Morgan fingerprint density at radius 1 is 1.07 bits per heavy atom. The minimum Gasteiger partial charge on any atom is -0.465 e. The quantitative estimate of drug-likeness (QED) is 0.198. The van der Waals surface area contributed by atoms with Crippen molar-refractivity contribution in [2.75, 3.05) is 20.7 Å². The maximum Gasteiger partial charge on any atom is 0.408 e. The highest BCUT2D eigenvalue weighted by molar-refractivity contribution is 6.30. The van der Waals surface area contributed by atoms with Crippen molar-refractivity contribution in [1.82, 2.24) is 15.5 Å². The van der Waals surface area contributed by atoms with Crippen molar-refractivity contribution in [2.45, 2.75) is 88.0 Å². The van der Waals surface area contributed by atoms with Gasteiger partial charge in [0.25, 0.3) is 0 Å². The molecular weight excluding hydrogens is 598 g/mol. The summed E-state index contributed by atoms with van der Waals surface area (Å²) in [6, 6.07) is 15.8. The van der Waals surface area contributed by atoms with E-state index in [4.69, 9.17) is 21.1 Å². The number of hydrogen-bond donors (Lipinski definition) is 3. The maximum atomic E-state index is 13.7. The summed E-state index contributed by atoms with van der Waals surface area (Å²) in [5.41, 5.74) is -1.44. The van der Waals surface area contributed by atoms with Crippen LogP contribution in [0.5, 0.6) is 0 Å². The summed E-state index contributed by atoms with van der Waals surface area (Å²) in [5.74, 6) is -2.00. The van der Waals surface area contributed by atoms with E-state index >= 15 is 0 Å². The molecule has 0 heterocycles. The molecule has 45 heavy (non-hydrogen) atoms. The number of alkyl carbamates (subject to hydrolysis) is 1. The molecule has 4 rings (SSSR count). The number of likely N-dealkylation sites (N-methyl/N-ethyl adjacent to an activating group) is 1. The Bertz CT molecular complexity index is 1330. The molecule has 0 spiro atoms. The first-order valence-electron chi connectivity index (χ1n) is 15.7. The van der Waals surface area contributed by atoms with Gasteiger partial charge < -0.3 is 30.1 Å². The molecule has 2 atom stereocenters. The molecule has 2 aromatic carbocycles. The number of hydrogen-bond acceptors (Lipinski definition) is 7. The average Bonchev–Trinajstić information content (AvgIpc) is 3.83. The molecule has 0 aromatic heterocycles. The third kappa shape index (κ3) is 9.68. The zero-order valence-electron chi connectivity index (χ0n) is 26.1. The van der Waals surface area contributed by atoms with Gasteiger partial charge in [0.2, 0.25) is 17.5 Å². The number of carbonyl (C=O) groups excluding carboxylic acids is 4. The fourth-order valence-electron chi connectivity index (χ4n) is 5.89. The van der Waals surface area contributed by atoms with E-state index in [1.165, 1.54) is 4.90 Å². The summed E-state index contributed by atoms with van der Waals surface area (Å²) in [7, 11) is 2.74. The Labute approximate surface area is 269 Å². The largest absolute Gasteiger partial charge is 0.465 e.